The zero-order valence-corrected chi connectivity index (χ0v) is 15.1. The van der Waals surface area contributed by atoms with Crippen molar-refractivity contribution in [2.45, 2.75) is 11.8 Å². The van der Waals surface area contributed by atoms with Crippen LogP contribution in [0.15, 0.2) is 41.3 Å². The van der Waals surface area contributed by atoms with Crippen LogP contribution in [0.5, 0.6) is 5.75 Å². The minimum atomic E-state index is -3.85. The van der Waals surface area contributed by atoms with Crippen LogP contribution in [0.1, 0.15) is 6.92 Å². The summed E-state index contributed by atoms with van der Waals surface area (Å²) in [5, 5.41) is 2.98. The zero-order chi connectivity index (χ0) is 17.9. The van der Waals surface area contributed by atoms with Crippen molar-refractivity contribution in [3.05, 3.63) is 46.4 Å². The number of hydrogen-bond donors (Lipinski definition) is 2. The predicted molar refractivity (Wildman–Crippen MR) is 94.6 cm³/mol. The van der Waals surface area contributed by atoms with E-state index in [-0.39, 0.29) is 26.5 Å². The molecule has 0 bridgehead atoms. The summed E-state index contributed by atoms with van der Waals surface area (Å²) in [5.74, 6) is 0.0528. The van der Waals surface area contributed by atoms with Crippen LogP contribution in [-0.4, -0.2) is 21.4 Å². The molecule has 0 atom stereocenters. The molecule has 0 radical (unpaired) electrons. The van der Waals surface area contributed by atoms with E-state index in [0.717, 1.165) is 0 Å². The zero-order valence-electron chi connectivity index (χ0n) is 12.8. The summed E-state index contributed by atoms with van der Waals surface area (Å²) in [6.45, 7) is 1.36. The SMILES string of the molecule is COc1cc(NS(=O)(=O)c2ccc(Cl)c(Cl)c2)ccc1NC(C)=O. The molecule has 2 aromatic rings. The quantitative estimate of drug-likeness (QED) is 0.816. The standard InChI is InChI=1S/C15H14Cl2N2O4S/c1-9(20)18-14-6-3-10(7-15(14)23-2)19-24(21,22)11-4-5-12(16)13(17)8-11/h3-8,19H,1-2H3,(H,18,20). The molecule has 9 heteroatoms. The van der Waals surface area contributed by atoms with Crippen LogP contribution < -0.4 is 14.8 Å². The van der Waals surface area contributed by atoms with Crippen LogP contribution in [0.25, 0.3) is 0 Å². The number of carbonyl (C=O) groups excluding carboxylic acids is 1. The van der Waals surface area contributed by atoms with Crippen LogP contribution in [0.2, 0.25) is 10.0 Å². The first-order chi connectivity index (χ1) is 11.2. The number of nitrogens with one attached hydrogen (secondary N) is 2. The monoisotopic (exact) mass is 388 g/mol. The summed E-state index contributed by atoms with van der Waals surface area (Å²) in [4.78, 5) is 11.1. The van der Waals surface area contributed by atoms with Gasteiger partial charge in [0.1, 0.15) is 5.75 Å². The molecule has 6 nitrogen and oxygen atoms in total. The van der Waals surface area contributed by atoms with Gasteiger partial charge in [-0.3, -0.25) is 9.52 Å². The van der Waals surface area contributed by atoms with Gasteiger partial charge in [0.05, 0.1) is 33.4 Å². The Bertz CT molecular complexity index is 885. The fraction of sp³-hybridized carbons (Fsp3) is 0.133. The van der Waals surface area contributed by atoms with Crippen molar-refractivity contribution in [2.24, 2.45) is 0 Å². The van der Waals surface area contributed by atoms with Gasteiger partial charge in [0.15, 0.2) is 0 Å². The molecular formula is C15H14Cl2N2O4S. The molecule has 24 heavy (non-hydrogen) atoms. The van der Waals surface area contributed by atoms with E-state index < -0.39 is 10.0 Å². The van der Waals surface area contributed by atoms with E-state index >= 15 is 0 Å². The second-order valence-corrected chi connectivity index (χ2v) is 7.27. The van der Waals surface area contributed by atoms with Crippen LogP contribution in [0.3, 0.4) is 0 Å². The van der Waals surface area contributed by atoms with Gasteiger partial charge in [-0.15, -0.1) is 0 Å². The highest BCUT2D eigenvalue weighted by Gasteiger charge is 2.17. The van der Waals surface area contributed by atoms with Crippen LogP contribution in [0, 0.1) is 0 Å². The Morgan fingerprint density at radius 3 is 2.38 bits per heavy atom. The number of halogens is 2. The molecule has 0 aromatic heterocycles. The lowest BCUT2D eigenvalue weighted by Crippen LogP contribution is -2.13. The van der Waals surface area contributed by atoms with Gasteiger partial charge in [-0.25, -0.2) is 8.42 Å². The molecule has 0 aliphatic carbocycles. The molecule has 128 valence electrons. The van der Waals surface area contributed by atoms with E-state index in [4.69, 9.17) is 27.9 Å². The Morgan fingerprint density at radius 2 is 1.79 bits per heavy atom. The van der Waals surface area contributed by atoms with Crippen molar-refractivity contribution in [2.75, 3.05) is 17.1 Å². The van der Waals surface area contributed by atoms with Gasteiger partial charge in [0.2, 0.25) is 5.91 Å². The number of ether oxygens (including phenoxy) is 1. The summed E-state index contributed by atoms with van der Waals surface area (Å²) in [6, 6.07) is 8.50. The lowest BCUT2D eigenvalue weighted by Gasteiger charge is -2.13. The molecule has 2 N–H and O–H groups in total. The number of rotatable bonds is 5. The van der Waals surface area contributed by atoms with Crippen molar-refractivity contribution >= 4 is 50.5 Å². The Balaban J connectivity index is 2.32. The summed E-state index contributed by atoms with van der Waals surface area (Å²) < 4.78 is 32.4. The Morgan fingerprint density at radius 1 is 1.08 bits per heavy atom. The highest BCUT2D eigenvalue weighted by atomic mass is 35.5. The van der Waals surface area contributed by atoms with Crippen molar-refractivity contribution in [1.29, 1.82) is 0 Å². The van der Waals surface area contributed by atoms with E-state index in [2.05, 4.69) is 10.0 Å². The fourth-order valence-corrected chi connectivity index (χ4v) is 3.34. The van der Waals surface area contributed by atoms with Crippen molar-refractivity contribution in [1.82, 2.24) is 0 Å². The van der Waals surface area contributed by atoms with E-state index in [1.165, 1.54) is 50.4 Å². The average molecular weight is 389 g/mol. The average Bonchev–Trinajstić information content (AvgIpc) is 2.50. The maximum Gasteiger partial charge on any atom is 0.261 e. The van der Waals surface area contributed by atoms with Gasteiger partial charge >= 0.3 is 0 Å². The highest BCUT2D eigenvalue weighted by molar-refractivity contribution is 7.92. The smallest absolute Gasteiger partial charge is 0.261 e. The van der Waals surface area contributed by atoms with Crippen LogP contribution in [0.4, 0.5) is 11.4 Å². The Hall–Kier alpha value is -1.96. The largest absolute Gasteiger partial charge is 0.494 e. The first-order valence-electron chi connectivity index (χ1n) is 6.66. The third-order valence-corrected chi connectivity index (χ3v) is 5.08. The number of sulfonamides is 1. The van der Waals surface area contributed by atoms with E-state index in [0.29, 0.717) is 11.4 Å². The molecule has 0 aliphatic rings. The van der Waals surface area contributed by atoms with Gasteiger partial charge in [-0.1, -0.05) is 23.2 Å². The van der Waals surface area contributed by atoms with Gasteiger partial charge in [-0.05, 0) is 30.3 Å². The predicted octanol–water partition coefficient (Wildman–Crippen LogP) is 3.76. The Kier molecular flexibility index (Phi) is 5.58. The maximum atomic E-state index is 12.4. The third-order valence-electron chi connectivity index (χ3n) is 2.97. The van der Waals surface area contributed by atoms with E-state index in [1.807, 2.05) is 0 Å². The molecule has 1 amide bonds. The minimum absolute atomic E-state index is 0.0261. The molecule has 2 aromatic carbocycles. The molecule has 0 heterocycles. The maximum absolute atomic E-state index is 12.4. The van der Waals surface area contributed by atoms with Gasteiger partial charge in [0.25, 0.3) is 10.0 Å². The normalized spacial score (nSPS) is 11.0. The highest BCUT2D eigenvalue weighted by Crippen LogP contribution is 2.30. The summed E-state index contributed by atoms with van der Waals surface area (Å²) in [5.41, 5.74) is 0.703. The Labute approximate surface area is 149 Å². The second-order valence-electron chi connectivity index (χ2n) is 4.78. The number of hydrogen-bond acceptors (Lipinski definition) is 4. The fourth-order valence-electron chi connectivity index (χ4n) is 1.91. The first-order valence-corrected chi connectivity index (χ1v) is 8.90. The number of carbonyl (C=O) groups is 1. The van der Waals surface area contributed by atoms with Crippen molar-refractivity contribution < 1.29 is 17.9 Å². The lowest BCUT2D eigenvalue weighted by atomic mass is 10.2. The van der Waals surface area contributed by atoms with E-state index in [9.17, 15) is 13.2 Å². The molecular weight excluding hydrogens is 375 g/mol. The van der Waals surface area contributed by atoms with Gasteiger partial charge in [-0.2, -0.15) is 0 Å². The molecule has 0 fully saturated rings. The second kappa shape index (κ2) is 7.29. The molecule has 0 spiro atoms. The minimum Gasteiger partial charge on any atom is -0.494 e. The molecule has 0 saturated heterocycles. The first kappa shape index (κ1) is 18.4. The number of amides is 1. The topological polar surface area (TPSA) is 84.5 Å². The molecule has 0 aliphatic heterocycles. The summed E-state index contributed by atoms with van der Waals surface area (Å²) in [6.07, 6.45) is 0. The van der Waals surface area contributed by atoms with Crippen LogP contribution >= 0.6 is 23.2 Å². The lowest BCUT2D eigenvalue weighted by molar-refractivity contribution is -0.114. The van der Waals surface area contributed by atoms with Gasteiger partial charge in [0, 0.05) is 13.0 Å². The van der Waals surface area contributed by atoms with Gasteiger partial charge < -0.3 is 10.1 Å². The van der Waals surface area contributed by atoms with Crippen molar-refractivity contribution in [3.8, 4) is 5.75 Å². The molecule has 2 rings (SSSR count). The number of benzene rings is 2. The number of methoxy groups -OCH3 is 1. The van der Waals surface area contributed by atoms with E-state index in [1.54, 1.807) is 0 Å². The molecule has 0 unspecified atom stereocenters. The third kappa shape index (κ3) is 4.31. The summed E-state index contributed by atoms with van der Waals surface area (Å²) in [7, 11) is -2.43. The number of anilines is 2. The van der Waals surface area contributed by atoms with Crippen molar-refractivity contribution in [3.63, 3.8) is 0 Å². The molecule has 0 saturated carbocycles. The summed E-state index contributed by atoms with van der Waals surface area (Å²) >= 11 is 11.6. The van der Waals surface area contributed by atoms with Crippen LogP contribution in [-0.2, 0) is 14.8 Å².